The number of aromatic nitrogens is 1. The van der Waals surface area contributed by atoms with Crippen molar-refractivity contribution in [3.63, 3.8) is 0 Å². The van der Waals surface area contributed by atoms with Crippen molar-refractivity contribution in [2.45, 2.75) is 26.1 Å². The van der Waals surface area contributed by atoms with Crippen molar-refractivity contribution in [1.29, 1.82) is 0 Å². The van der Waals surface area contributed by atoms with Crippen LogP contribution in [0.15, 0.2) is 30.3 Å². The van der Waals surface area contributed by atoms with Crippen LogP contribution in [0.3, 0.4) is 0 Å². The molecule has 0 amide bonds. The Kier molecular flexibility index (Phi) is 4.19. The predicted molar refractivity (Wildman–Crippen MR) is 81.4 cm³/mol. The zero-order chi connectivity index (χ0) is 14.9. The Morgan fingerprint density at radius 1 is 1.30 bits per heavy atom. The van der Waals surface area contributed by atoms with Crippen LogP contribution >= 0.6 is 11.6 Å². The first kappa shape index (κ1) is 14.7. The van der Waals surface area contributed by atoms with Crippen molar-refractivity contribution >= 4 is 17.4 Å². The number of para-hydroxylation sites is 2. The summed E-state index contributed by atoms with van der Waals surface area (Å²) in [4.78, 5) is 12.1. The van der Waals surface area contributed by atoms with Gasteiger partial charge in [0.2, 0.25) is 0 Å². The van der Waals surface area contributed by atoms with Gasteiger partial charge in [0.05, 0.1) is 18.2 Å². The Morgan fingerprint density at radius 3 is 2.55 bits per heavy atom. The molecule has 3 nitrogen and oxygen atoms in total. The van der Waals surface area contributed by atoms with E-state index in [-0.39, 0.29) is 5.78 Å². The smallest absolute Gasteiger partial charge is 0.182 e. The van der Waals surface area contributed by atoms with Crippen molar-refractivity contribution < 1.29 is 9.53 Å². The maximum atomic E-state index is 12.1. The highest BCUT2D eigenvalue weighted by atomic mass is 35.5. The summed E-state index contributed by atoms with van der Waals surface area (Å²) in [6, 6.07) is 9.62. The van der Waals surface area contributed by atoms with Gasteiger partial charge in [0.1, 0.15) is 5.75 Å². The van der Waals surface area contributed by atoms with Gasteiger partial charge in [0.25, 0.3) is 0 Å². The molecule has 2 aromatic rings. The summed E-state index contributed by atoms with van der Waals surface area (Å²) in [6.07, 6.45) is 0. The quantitative estimate of drug-likeness (QED) is 0.632. The Bertz CT molecular complexity index is 644. The van der Waals surface area contributed by atoms with E-state index in [1.165, 1.54) is 0 Å². The van der Waals surface area contributed by atoms with Crippen molar-refractivity contribution in [1.82, 2.24) is 4.57 Å². The molecule has 4 heteroatoms. The number of carbonyl (C=O) groups excluding carboxylic acids is 1. The van der Waals surface area contributed by atoms with Crippen molar-refractivity contribution in [2.75, 3.05) is 7.11 Å². The van der Waals surface area contributed by atoms with Crippen LogP contribution in [-0.2, 0) is 0 Å². The van der Waals surface area contributed by atoms with E-state index in [0.29, 0.717) is 5.56 Å². The van der Waals surface area contributed by atoms with Gasteiger partial charge < -0.3 is 9.30 Å². The summed E-state index contributed by atoms with van der Waals surface area (Å²) < 4.78 is 7.41. The molecule has 0 radical (unpaired) electrons. The van der Waals surface area contributed by atoms with Crippen LogP contribution in [0.5, 0.6) is 5.75 Å². The fourth-order valence-electron chi connectivity index (χ4n) is 2.41. The topological polar surface area (TPSA) is 31.2 Å². The Balaban J connectivity index is 2.62. The molecule has 106 valence electrons. The van der Waals surface area contributed by atoms with Crippen LogP contribution < -0.4 is 4.74 Å². The average molecular weight is 292 g/mol. The number of ketones is 1. The number of nitrogens with zero attached hydrogens (tertiary/aromatic N) is 1. The highest BCUT2D eigenvalue weighted by Crippen LogP contribution is 2.28. The zero-order valence-electron chi connectivity index (χ0n) is 12.1. The lowest BCUT2D eigenvalue weighted by Crippen LogP contribution is -2.12. The van der Waals surface area contributed by atoms with Gasteiger partial charge in [-0.15, -0.1) is 11.6 Å². The predicted octanol–water partition coefficient (Wildman–Crippen LogP) is 3.91. The molecule has 1 atom stereocenters. The summed E-state index contributed by atoms with van der Waals surface area (Å²) in [6.45, 7) is 5.58. The van der Waals surface area contributed by atoms with Gasteiger partial charge in [-0.05, 0) is 39.0 Å². The molecule has 0 aliphatic carbocycles. The van der Waals surface area contributed by atoms with Gasteiger partial charge in [-0.2, -0.15) is 0 Å². The molecule has 1 aromatic heterocycles. The number of halogens is 1. The van der Waals surface area contributed by atoms with Gasteiger partial charge >= 0.3 is 0 Å². The van der Waals surface area contributed by atoms with E-state index in [0.717, 1.165) is 22.8 Å². The number of methoxy groups -OCH3 is 1. The molecule has 1 aromatic carbocycles. The Hall–Kier alpha value is -1.74. The van der Waals surface area contributed by atoms with Crippen LogP contribution in [0.2, 0.25) is 0 Å². The van der Waals surface area contributed by atoms with Gasteiger partial charge in [-0.1, -0.05) is 12.1 Å². The lowest BCUT2D eigenvalue weighted by Gasteiger charge is -2.14. The standard InChI is InChI=1S/C16H18ClNO2/c1-10-9-13(16(19)11(2)17)12(3)18(10)14-7-5-6-8-15(14)20-4/h5-9,11H,1-4H3. The molecular formula is C16H18ClNO2. The largest absolute Gasteiger partial charge is 0.495 e. The molecule has 2 rings (SSSR count). The van der Waals surface area contributed by atoms with Crippen LogP contribution in [0, 0.1) is 13.8 Å². The lowest BCUT2D eigenvalue weighted by atomic mass is 10.1. The summed E-state index contributed by atoms with van der Waals surface area (Å²) in [7, 11) is 1.64. The first-order chi connectivity index (χ1) is 9.47. The molecule has 1 unspecified atom stereocenters. The third-order valence-electron chi connectivity index (χ3n) is 3.38. The first-order valence-electron chi connectivity index (χ1n) is 6.48. The molecule has 0 fully saturated rings. The van der Waals surface area contributed by atoms with Crippen molar-refractivity contribution in [3.05, 3.63) is 47.3 Å². The van der Waals surface area contributed by atoms with Crippen molar-refractivity contribution in [2.24, 2.45) is 0 Å². The second kappa shape index (κ2) is 5.71. The highest BCUT2D eigenvalue weighted by molar-refractivity contribution is 6.33. The number of hydrogen-bond acceptors (Lipinski definition) is 2. The number of ether oxygens (including phenoxy) is 1. The molecule has 0 saturated heterocycles. The fourth-order valence-corrected chi connectivity index (χ4v) is 2.53. The minimum Gasteiger partial charge on any atom is -0.495 e. The zero-order valence-corrected chi connectivity index (χ0v) is 12.9. The second-order valence-corrected chi connectivity index (χ2v) is 5.43. The van der Waals surface area contributed by atoms with E-state index in [9.17, 15) is 4.79 Å². The van der Waals surface area contributed by atoms with E-state index in [1.807, 2.05) is 48.7 Å². The number of alkyl halides is 1. The number of aryl methyl sites for hydroxylation is 1. The highest BCUT2D eigenvalue weighted by Gasteiger charge is 2.21. The molecule has 0 bridgehead atoms. The van der Waals surface area contributed by atoms with Gasteiger partial charge in [-0.3, -0.25) is 4.79 Å². The van der Waals surface area contributed by atoms with Crippen LogP contribution in [0.25, 0.3) is 5.69 Å². The summed E-state index contributed by atoms with van der Waals surface area (Å²) in [5, 5.41) is -0.526. The maximum absolute atomic E-state index is 12.1. The monoisotopic (exact) mass is 291 g/mol. The Morgan fingerprint density at radius 2 is 1.95 bits per heavy atom. The molecular weight excluding hydrogens is 274 g/mol. The number of rotatable bonds is 4. The van der Waals surface area contributed by atoms with Crippen LogP contribution in [0.4, 0.5) is 0 Å². The minimum atomic E-state index is -0.526. The van der Waals surface area contributed by atoms with E-state index in [1.54, 1.807) is 14.0 Å². The van der Waals surface area contributed by atoms with Gasteiger partial charge in [-0.25, -0.2) is 0 Å². The fraction of sp³-hybridized carbons (Fsp3) is 0.312. The van der Waals surface area contributed by atoms with Gasteiger partial charge in [0, 0.05) is 17.0 Å². The summed E-state index contributed by atoms with van der Waals surface area (Å²) >= 11 is 5.92. The second-order valence-electron chi connectivity index (χ2n) is 4.77. The molecule has 0 saturated carbocycles. The molecule has 0 N–H and O–H groups in total. The summed E-state index contributed by atoms with van der Waals surface area (Å²) in [5.41, 5.74) is 3.44. The molecule has 0 spiro atoms. The summed E-state index contributed by atoms with van der Waals surface area (Å²) in [5.74, 6) is 0.716. The number of hydrogen-bond donors (Lipinski definition) is 0. The van der Waals surface area contributed by atoms with Crippen molar-refractivity contribution in [3.8, 4) is 11.4 Å². The number of Topliss-reactive ketones (excluding diaryl/α,β-unsaturated/α-hetero) is 1. The number of carbonyl (C=O) groups is 1. The lowest BCUT2D eigenvalue weighted by molar-refractivity contribution is 0.0991. The maximum Gasteiger partial charge on any atom is 0.182 e. The van der Waals surface area contributed by atoms with Gasteiger partial charge in [0.15, 0.2) is 5.78 Å². The van der Waals surface area contributed by atoms with E-state index in [4.69, 9.17) is 16.3 Å². The SMILES string of the molecule is COc1ccccc1-n1c(C)cc(C(=O)C(C)Cl)c1C. The molecule has 1 heterocycles. The number of benzene rings is 1. The molecule has 20 heavy (non-hydrogen) atoms. The van der Waals surface area contributed by atoms with Crippen LogP contribution in [-0.4, -0.2) is 22.8 Å². The first-order valence-corrected chi connectivity index (χ1v) is 6.91. The third-order valence-corrected chi connectivity index (χ3v) is 3.58. The van der Waals surface area contributed by atoms with E-state index < -0.39 is 5.38 Å². The van der Waals surface area contributed by atoms with Crippen LogP contribution in [0.1, 0.15) is 28.7 Å². The Labute approximate surface area is 124 Å². The van der Waals surface area contributed by atoms with E-state index in [2.05, 4.69) is 0 Å². The minimum absolute atomic E-state index is 0.0547. The molecule has 0 aliphatic heterocycles. The average Bonchev–Trinajstić information content (AvgIpc) is 2.73. The molecule has 0 aliphatic rings. The van der Waals surface area contributed by atoms with E-state index >= 15 is 0 Å². The third kappa shape index (κ3) is 2.46. The normalized spacial score (nSPS) is 12.2.